The lowest BCUT2D eigenvalue weighted by atomic mass is 9.93. The van der Waals surface area contributed by atoms with Crippen molar-refractivity contribution in [2.24, 2.45) is 20.0 Å². The van der Waals surface area contributed by atoms with Gasteiger partial charge in [0.25, 0.3) is 0 Å². The standard InChI is InChI=1S/C45H30N4O/c50-28-34-35-21-22-36(46-35)42(30-15-7-2-8-16-30)37-23-24-38(47-37)43(31-17-9-3-10-18-31)39-25-26-40(48-39)44(32-19-11-4-12-20-32)45-33(27-41(34)49-45)29-13-5-1-6-14-29/h1-27,50H,28H2. The van der Waals surface area contributed by atoms with Gasteiger partial charge in [-0.15, -0.1) is 0 Å². The smallest absolute Gasteiger partial charge is 0.0816 e. The third kappa shape index (κ3) is 5.17. The van der Waals surface area contributed by atoms with Crippen LogP contribution in [0.15, 0.2) is 212 Å². The Hall–Kier alpha value is -6.56. The Morgan fingerprint density at radius 3 is 1.26 bits per heavy atom. The molecule has 0 spiro atoms. The molecule has 4 aromatic carbocycles. The first-order chi connectivity index (χ1) is 24.7. The summed E-state index contributed by atoms with van der Waals surface area (Å²) in [7, 11) is 0. The normalized spacial score (nSPS) is 17.8. The van der Waals surface area contributed by atoms with Crippen LogP contribution in [0.2, 0.25) is 0 Å². The van der Waals surface area contributed by atoms with Gasteiger partial charge in [-0.3, -0.25) is 0 Å². The highest BCUT2D eigenvalue weighted by atomic mass is 16.3. The summed E-state index contributed by atoms with van der Waals surface area (Å²) in [6, 6.07) is 41.1. The van der Waals surface area contributed by atoms with Gasteiger partial charge in [0, 0.05) is 27.9 Å². The molecule has 5 nitrogen and oxygen atoms in total. The third-order valence-corrected chi connectivity index (χ3v) is 9.25. The van der Waals surface area contributed by atoms with Crippen molar-refractivity contribution in [3.63, 3.8) is 0 Å². The van der Waals surface area contributed by atoms with E-state index in [1.807, 2.05) is 84.9 Å². The van der Waals surface area contributed by atoms with Crippen LogP contribution < -0.4 is 0 Å². The average molecular weight is 643 g/mol. The summed E-state index contributed by atoms with van der Waals surface area (Å²) in [5, 5.41) is 10.9. The predicted molar refractivity (Wildman–Crippen MR) is 206 cm³/mol. The molecule has 0 fully saturated rings. The molecule has 1 N–H and O–H groups in total. The van der Waals surface area contributed by atoms with E-state index >= 15 is 0 Å². The van der Waals surface area contributed by atoms with Gasteiger partial charge in [-0.05, 0) is 64.8 Å². The lowest BCUT2D eigenvalue weighted by molar-refractivity contribution is 0.336. The largest absolute Gasteiger partial charge is 0.392 e. The van der Waals surface area contributed by atoms with Crippen molar-refractivity contribution in [3.05, 3.63) is 214 Å². The Kier molecular flexibility index (Phi) is 7.38. The molecule has 0 unspecified atom stereocenters. The number of hydrogen-bond acceptors (Lipinski definition) is 5. The van der Waals surface area contributed by atoms with Crippen LogP contribution in [0.3, 0.4) is 0 Å². The molecule has 0 saturated carbocycles. The number of benzene rings is 4. The van der Waals surface area contributed by atoms with Crippen LogP contribution in [0.1, 0.15) is 22.3 Å². The van der Waals surface area contributed by atoms with Crippen LogP contribution in [0.4, 0.5) is 0 Å². The number of aliphatic imine (C=N–C) groups is 4. The lowest BCUT2D eigenvalue weighted by Gasteiger charge is -2.14. The number of rotatable bonds is 5. The minimum atomic E-state index is -0.227. The fourth-order valence-corrected chi connectivity index (χ4v) is 6.92. The van der Waals surface area contributed by atoms with E-state index < -0.39 is 0 Å². The second-order valence-electron chi connectivity index (χ2n) is 12.3. The highest BCUT2D eigenvalue weighted by molar-refractivity contribution is 6.38. The Bertz CT molecular complexity index is 2450. The molecule has 5 aliphatic rings. The number of nitrogens with zero attached hydrogens (tertiary/aromatic N) is 4. The minimum absolute atomic E-state index is 0.227. The van der Waals surface area contributed by atoms with Gasteiger partial charge in [-0.25, -0.2) is 20.0 Å². The van der Waals surface area contributed by atoms with E-state index in [0.29, 0.717) is 17.0 Å². The monoisotopic (exact) mass is 642 g/mol. The lowest BCUT2D eigenvalue weighted by Crippen LogP contribution is -2.06. The van der Waals surface area contributed by atoms with Crippen molar-refractivity contribution in [3.8, 4) is 0 Å². The molecule has 0 radical (unpaired) electrons. The van der Waals surface area contributed by atoms with Gasteiger partial charge in [0.05, 0.1) is 52.2 Å². The van der Waals surface area contributed by atoms with E-state index in [9.17, 15) is 5.11 Å². The molecule has 0 aromatic heterocycles. The van der Waals surface area contributed by atoms with Crippen molar-refractivity contribution < 1.29 is 5.11 Å². The van der Waals surface area contributed by atoms with Crippen molar-refractivity contribution in [2.45, 2.75) is 0 Å². The molecule has 236 valence electrons. The van der Waals surface area contributed by atoms with Crippen molar-refractivity contribution in [2.75, 3.05) is 6.61 Å². The molecule has 0 aliphatic carbocycles. The summed E-state index contributed by atoms with van der Waals surface area (Å²) < 4.78 is 0. The topological polar surface area (TPSA) is 69.7 Å². The van der Waals surface area contributed by atoms with Crippen molar-refractivity contribution in [1.29, 1.82) is 0 Å². The van der Waals surface area contributed by atoms with Crippen LogP contribution in [0.25, 0.3) is 22.3 Å². The molecule has 4 aromatic rings. The molecule has 5 aliphatic heterocycles. The molecule has 0 saturated heterocycles. The van der Waals surface area contributed by atoms with E-state index in [1.54, 1.807) is 0 Å². The highest BCUT2D eigenvalue weighted by Crippen LogP contribution is 2.41. The maximum absolute atomic E-state index is 10.9. The fraction of sp³-hybridized carbons (Fsp3) is 0.0222. The Labute approximate surface area is 290 Å². The van der Waals surface area contributed by atoms with Gasteiger partial charge in [0.1, 0.15) is 0 Å². The molecule has 5 heteroatoms. The summed E-state index contributed by atoms with van der Waals surface area (Å²) >= 11 is 0. The van der Waals surface area contributed by atoms with E-state index in [0.717, 1.165) is 78.8 Å². The minimum Gasteiger partial charge on any atom is -0.392 e. The maximum atomic E-state index is 10.9. The van der Waals surface area contributed by atoms with Gasteiger partial charge in [0.2, 0.25) is 0 Å². The predicted octanol–water partition coefficient (Wildman–Crippen LogP) is 9.05. The van der Waals surface area contributed by atoms with Gasteiger partial charge in [-0.2, -0.15) is 0 Å². The second kappa shape index (κ2) is 12.5. The quantitative estimate of drug-likeness (QED) is 0.232. The van der Waals surface area contributed by atoms with Crippen molar-refractivity contribution >= 4 is 45.1 Å². The summed E-state index contributed by atoms with van der Waals surface area (Å²) in [4.78, 5) is 21.1. The van der Waals surface area contributed by atoms with Crippen LogP contribution in [0.5, 0.6) is 0 Å². The van der Waals surface area contributed by atoms with Gasteiger partial charge < -0.3 is 5.11 Å². The average Bonchev–Trinajstić information content (AvgIpc) is 4.01. The maximum Gasteiger partial charge on any atom is 0.0816 e. The molecule has 9 rings (SSSR count). The van der Waals surface area contributed by atoms with E-state index in [1.165, 1.54) is 0 Å². The fourth-order valence-electron chi connectivity index (χ4n) is 6.92. The van der Waals surface area contributed by atoms with E-state index in [-0.39, 0.29) is 6.61 Å². The zero-order valence-corrected chi connectivity index (χ0v) is 27.0. The second-order valence-corrected chi connectivity index (χ2v) is 12.3. The van der Waals surface area contributed by atoms with Gasteiger partial charge >= 0.3 is 0 Å². The summed E-state index contributed by atoms with van der Waals surface area (Å²) in [6.45, 7) is -0.227. The molecular weight excluding hydrogens is 613 g/mol. The Morgan fingerprint density at radius 2 is 0.780 bits per heavy atom. The summed E-state index contributed by atoms with van der Waals surface area (Å²) in [5.41, 5.74) is 14.6. The highest BCUT2D eigenvalue weighted by Gasteiger charge is 2.29. The summed E-state index contributed by atoms with van der Waals surface area (Å²) in [5.74, 6) is 0. The number of hydrogen-bond donors (Lipinski definition) is 1. The van der Waals surface area contributed by atoms with Crippen LogP contribution in [0, 0.1) is 0 Å². The van der Waals surface area contributed by atoms with Crippen LogP contribution >= 0.6 is 0 Å². The van der Waals surface area contributed by atoms with E-state index in [4.69, 9.17) is 20.0 Å². The molecule has 0 amide bonds. The number of aliphatic hydroxyl groups is 1. The van der Waals surface area contributed by atoms with Crippen LogP contribution in [-0.4, -0.2) is 34.6 Å². The van der Waals surface area contributed by atoms with Crippen LogP contribution in [-0.2, 0) is 0 Å². The molecule has 5 heterocycles. The Balaban J connectivity index is 1.39. The molecular formula is C45H30N4O. The molecule has 8 bridgehead atoms. The van der Waals surface area contributed by atoms with E-state index in [2.05, 4.69) is 78.9 Å². The number of allylic oxidation sites excluding steroid dienone is 11. The third-order valence-electron chi connectivity index (χ3n) is 9.25. The molecule has 50 heavy (non-hydrogen) atoms. The first-order valence-corrected chi connectivity index (χ1v) is 16.7. The molecule has 0 atom stereocenters. The number of aliphatic hydroxyl groups excluding tert-OH is 1. The van der Waals surface area contributed by atoms with Crippen molar-refractivity contribution in [1.82, 2.24) is 0 Å². The summed E-state index contributed by atoms with van der Waals surface area (Å²) in [6.07, 6.45) is 14.3. The number of fused-ring (bicyclic) bond motifs is 4. The zero-order chi connectivity index (χ0) is 33.4. The SMILES string of the molecule is OCC1=C2C=CC(=N2)C(c2ccccc2)=C2C=CC(=N2)C(c2ccccc2)=C2C=CC(=N2)C(c2ccccc2)=C2N=C1C=C2c1ccccc1. The Morgan fingerprint density at radius 1 is 0.380 bits per heavy atom. The van der Waals surface area contributed by atoms with Gasteiger partial charge in [0.15, 0.2) is 0 Å². The first kappa shape index (κ1) is 29.6. The zero-order valence-electron chi connectivity index (χ0n) is 27.0. The van der Waals surface area contributed by atoms with Gasteiger partial charge in [-0.1, -0.05) is 121 Å². The first-order valence-electron chi connectivity index (χ1n) is 16.7.